The van der Waals surface area contributed by atoms with Crippen LogP contribution in [0.15, 0.2) is 34.3 Å². The second kappa shape index (κ2) is 5.61. The Balaban J connectivity index is 1.85. The highest BCUT2D eigenvalue weighted by molar-refractivity contribution is 8.01. The summed E-state index contributed by atoms with van der Waals surface area (Å²) in [4.78, 5) is 15.6. The van der Waals surface area contributed by atoms with E-state index in [1.165, 1.54) is 10.5 Å². The molecule has 1 amide bonds. The van der Waals surface area contributed by atoms with Gasteiger partial charge in [-0.25, -0.2) is 0 Å². The van der Waals surface area contributed by atoms with Crippen molar-refractivity contribution in [3.63, 3.8) is 0 Å². The predicted octanol–water partition coefficient (Wildman–Crippen LogP) is 2.13. The van der Waals surface area contributed by atoms with Crippen LogP contribution in [-0.2, 0) is 11.2 Å². The first kappa shape index (κ1) is 11.8. The van der Waals surface area contributed by atoms with Gasteiger partial charge in [0, 0.05) is 22.9 Å². The molecule has 1 aliphatic rings. The average Bonchev–Trinajstić information content (AvgIpc) is 2.78. The molecule has 1 N–H and O–H groups in total. The summed E-state index contributed by atoms with van der Waals surface area (Å²) in [5.41, 5.74) is 9.33. The molecule has 0 radical (unpaired) electrons. The highest BCUT2D eigenvalue weighted by Crippen LogP contribution is 2.36. The molecule has 0 aliphatic carbocycles. The molecule has 0 bridgehead atoms. The van der Waals surface area contributed by atoms with E-state index in [9.17, 15) is 4.79 Å². The van der Waals surface area contributed by atoms with Gasteiger partial charge in [0.15, 0.2) is 0 Å². The van der Waals surface area contributed by atoms with Gasteiger partial charge in [-0.05, 0) is 23.6 Å². The van der Waals surface area contributed by atoms with Crippen molar-refractivity contribution in [2.24, 2.45) is 5.11 Å². The molecule has 6 heteroatoms. The zero-order valence-corrected chi connectivity index (χ0v) is 9.98. The maximum absolute atomic E-state index is 11.8. The minimum atomic E-state index is -0.0570. The van der Waals surface area contributed by atoms with Crippen LogP contribution in [0, 0.1) is 0 Å². The summed E-state index contributed by atoms with van der Waals surface area (Å²) in [6, 6.07) is 8.05. The van der Waals surface area contributed by atoms with E-state index >= 15 is 0 Å². The van der Waals surface area contributed by atoms with Crippen molar-refractivity contribution in [2.75, 3.05) is 13.1 Å². The number of benzene rings is 1. The van der Waals surface area contributed by atoms with Gasteiger partial charge in [-0.1, -0.05) is 23.3 Å². The van der Waals surface area contributed by atoms with E-state index < -0.39 is 0 Å². The number of hydrogen-bond donors (Lipinski definition) is 1. The number of nitrogens with one attached hydrogen (secondary N) is 1. The molecule has 0 fully saturated rings. The molecule has 1 aliphatic heterocycles. The summed E-state index contributed by atoms with van der Waals surface area (Å²) < 4.78 is 0. The van der Waals surface area contributed by atoms with Gasteiger partial charge in [0.05, 0.1) is 5.25 Å². The van der Waals surface area contributed by atoms with Crippen molar-refractivity contribution < 1.29 is 4.79 Å². The third kappa shape index (κ3) is 2.93. The first-order valence-electron chi connectivity index (χ1n) is 5.34. The van der Waals surface area contributed by atoms with Crippen LogP contribution >= 0.6 is 11.8 Å². The molecule has 0 spiro atoms. The molecular formula is C11H12N4OS. The zero-order chi connectivity index (χ0) is 12.1. The van der Waals surface area contributed by atoms with E-state index in [1.54, 1.807) is 11.8 Å². The second-order valence-electron chi connectivity index (χ2n) is 3.66. The third-order valence-corrected chi connectivity index (χ3v) is 3.83. The van der Waals surface area contributed by atoms with Crippen LogP contribution in [0.25, 0.3) is 10.4 Å². The zero-order valence-electron chi connectivity index (χ0n) is 9.17. The molecule has 1 unspecified atom stereocenters. The van der Waals surface area contributed by atoms with Crippen LogP contribution in [0.4, 0.5) is 0 Å². The third-order valence-electron chi connectivity index (χ3n) is 2.51. The Morgan fingerprint density at radius 3 is 3.18 bits per heavy atom. The lowest BCUT2D eigenvalue weighted by Gasteiger charge is -2.08. The largest absolute Gasteiger partial charge is 0.355 e. The molecule has 5 nitrogen and oxygen atoms in total. The van der Waals surface area contributed by atoms with Gasteiger partial charge < -0.3 is 5.32 Å². The van der Waals surface area contributed by atoms with Gasteiger partial charge >= 0.3 is 0 Å². The summed E-state index contributed by atoms with van der Waals surface area (Å²) >= 11 is 1.59. The molecule has 0 saturated heterocycles. The number of thioether (sulfide) groups is 1. The Labute approximate surface area is 103 Å². The number of azide groups is 1. The molecule has 0 saturated carbocycles. The first-order valence-corrected chi connectivity index (χ1v) is 6.22. The van der Waals surface area contributed by atoms with Gasteiger partial charge in [0.1, 0.15) is 0 Å². The maximum Gasteiger partial charge on any atom is 0.233 e. The standard InChI is InChI=1S/C11H12N4OS/c12-15-14-6-5-13-11(16)10-7-8-3-1-2-4-9(8)17-10/h1-4,10H,5-7H2,(H,13,16). The van der Waals surface area contributed by atoms with Gasteiger partial charge in [0.25, 0.3) is 0 Å². The smallest absolute Gasteiger partial charge is 0.233 e. The Kier molecular flexibility index (Phi) is 3.90. The fraction of sp³-hybridized carbons (Fsp3) is 0.364. The van der Waals surface area contributed by atoms with Crippen LogP contribution < -0.4 is 5.32 Å². The number of carbonyl (C=O) groups is 1. The Morgan fingerprint density at radius 1 is 1.59 bits per heavy atom. The summed E-state index contributed by atoms with van der Waals surface area (Å²) in [5, 5.41) is 6.08. The average molecular weight is 248 g/mol. The topological polar surface area (TPSA) is 77.9 Å². The number of fused-ring (bicyclic) bond motifs is 1. The normalized spacial score (nSPS) is 17.1. The molecule has 1 heterocycles. The summed E-state index contributed by atoms with van der Waals surface area (Å²) in [5.74, 6) is 0.0133. The summed E-state index contributed by atoms with van der Waals surface area (Å²) in [6.45, 7) is 0.697. The lowest BCUT2D eigenvalue weighted by atomic mass is 10.1. The van der Waals surface area contributed by atoms with Crippen LogP contribution in [-0.4, -0.2) is 24.2 Å². The number of hydrogen-bond acceptors (Lipinski definition) is 3. The van der Waals surface area contributed by atoms with Crippen molar-refractivity contribution in [2.45, 2.75) is 16.6 Å². The van der Waals surface area contributed by atoms with E-state index in [2.05, 4.69) is 21.4 Å². The van der Waals surface area contributed by atoms with Gasteiger partial charge in [0.2, 0.25) is 5.91 Å². The first-order chi connectivity index (χ1) is 8.31. The van der Waals surface area contributed by atoms with Crippen LogP contribution in [0.1, 0.15) is 5.56 Å². The van der Waals surface area contributed by atoms with E-state index in [1.807, 2.05) is 18.2 Å². The van der Waals surface area contributed by atoms with E-state index in [0.717, 1.165) is 6.42 Å². The van der Waals surface area contributed by atoms with Crippen molar-refractivity contribution >= 4 is 17.7 Å². The molecule has 1 aromatic carbocycles. The highest BCUT2D eigenvalue weighted by atomic mass is 32.2. The fourth-order valence-corrected chi connectivity index (χ4v) is 2.94. The fourth-order valence-electron chi connectivity index (χ4n) is 1.72. The molecule has 1 aromatic rings. The Morgan fingerprint density at radius 2 is 2.41 bits per heavy atom. The molecule has 0 aromatic heterocycles. The van der Waals surface area contributed by atoms with E-state index in [0.29, 0.717) is 13.1 Å². The van der Waals surface area contributed by atoms with Crippen molar-refractivity contribution in [3.8, 4) is 0 Å². The molecule has 17 heavy (non-hydrogen) atoms. The lowest BCUT2D eigenvalue weighted by molar-refractivity contribution is -0.120. The monoisotopic (exact) mass is 248 g/mol. The van der Waals surface area contributed by atoms with Gasteiger partial charge in [-0.15, -0.1) is 11.8 Å². The van der Waals surface area contributed by atoms with E-state index in [-0.39, 0.29) is 11.2 Å². The van der Waals surface area contributed by atoms with Crippen molar-refractivity contribution in [1.82, 2.24) is 5.32 Å². The highest BCUT2D eigenvalue weighted by Gasteiger charge is 2.27. The van der Waals surface area contributed by atoms with Gasteiger partial charge in [-0.3, -0.25) is 4.79 Å². The molecule has 2 rings (SSSR count). The summed E-state index contributed by atoms with van der Waals surface area (Å²) in [6.07, 6.45) is 0.772. The number of nitrogens with zero attached hydrogens (tertiary/aromatic N) is 3. The molecule has 88 valence electrons. The Hall–Kier alpha value is -1.65. The van der Waals surface area contributed by atoms with Crippen LogP contribution in [0.5, 0.6) is 0 Å². The lowest BCUT2D eigenvalue weighted by Crippen LogP contribution is -2.34. The minimum absolute atomic E-state index is 0.0133. The summed E-state index contributed by atoms with van der Waals surface area (Å²) in [7, 11) is 0. The Bertz CT molecular complexity index is 445. The SMILES string of the molecule is [N-]=[N+]=NCCNC(=O)C1Cc2ccccc2S1. The van der Waals surface area contributed by atoms with E-state index in [4.69, 9.17) is 5.53 Å². The number of rotatable bonds is 4. The van der Waals surface area contributed by atoms with Crippen LogP contribution in [0.2, 0.25) is 0 Å². The van der Waals surface area contributed by atoms with Crippen molar-refractivity contribution in [3.05, 3.63) is 40.3 Å². The van der Waals surface area contributed by atoms with Crippen molar-refractivity contribution in [1.29, 1.82) is 0 Å². The number of carbonyl (C=O) groups excluding carboxylic acids is 1. The van der Waals surface area contributed by atoms with Gasteiger partial charge in [-0.2, -0.15) is 0 Å². The van der Waals surface area contributed by atoms with Crippen LogP contribution in [0.3, 0.4) is 0 Å². The quantitative estimate of drug-likeness (QED) is 0.383. The molecule has 1 atom stereocenters. The maximum atomic E-state index is 11.8. The number of amides is 1. The second-order valence-corrected chi connectivity index (χ2v) is 4.91. The minimum Gasteiger partial charge on any atom is -0.355 e. The molecular weight excluding hydrogens is 236 g/mol. The predicted molar refractivity (Wildman–Crippen MR) is 66.8 cm³/mol.